The van der Waals surface area contributed by atoms with Crippen LogP contribution in [-0.4, -0.2) is 29.9 Å². The molecule has 11 heteroatoms. The van der Waals surface area contributed by atoms with Gasteiger partial charge in [-0.1, -0.05) is 33.8 Å². The lowest BCUT2D eigenvalue weighted by atomic mass is 9.85. The average Bonchev–Trinajstić information content (AvgIpc) is 2.77. The van der Waals surface area contributed by atoms with Crippen LogP contribution < -0.4 is 4.72 Å². The van der Waals surface area contributed by atoms with E-state index in [1.807, 2.05) is 0 Å². The van der Waals surface area contributed by atoms with Crippen LogP contribution in [0.4, 0.5) is 4.39 Å². The Hall–Kier alpha value is -2.81. The van der Waals surface area contributed by atoms with E-state index in [-0.39, 0.29) is 33.1 Å². The molecule has 2 rings (SSSR count). The molecule has 0 radical (unpaired) electrons. The van der Waals surface area contributed by atoms with Gasteiger partial charge in [-0.05, 0) is 66.8 Å². The highest BCUT2D eigenvalue weighted by atomic mass is 32.2. The normalized spacial score (nSPS) is 13.1. The van der Waals surface area contributed by atoms with Crippen molar-refractivity contribution in [2.45, 2.75) is 56.6 Å². The lowest BCUT2D eigenvalue weighted by molar-refractivity contribution is 0.0744. The van der Waals surface area contributed by atoms with Crippen molar-refractivity contribution in [1.82, 2.24) is 4.72 Å². The standard InChI is InChI=1S/C23H27FN2O6S2/c1-13(2)19-11-17(12-25)22(24)20(14(3)4)21(19)15(5)34(30,31)32-23(27)16-8-7-9-18(10-16)33(28,29)26-6/h7-11,13-15,26H,1-6H3. The zero-order valence-corrected chi connectivity index (χ0v) is 21.3. The van der Waals surface area contributed by atoms with E-state index in [9.17, 15) is 26.9 Å². The van der Waals surface area contributed by atoms with Crippen LogP contribution in [0.2, 0.25) is 0 Å². The molecule has 0 spiro atoms. The fourth-order valence-electron chi connectivity index (χ4n) is 3.57. The highest BCUT2D eigenvalue weighted by Gasteiger charge is 2.35. The zero-order valence-electron chi connectivity index (χ0n) is 19.7. The number of rotatable bonds is 8. The smallest absolute Gasteiger partial charge is 0.341 e. The van der Waals surface area contributed by atoms with Gasteiger partial charge in [-0.3, -0.25) is 0 Å². The molecule has 0 aromatic heterocycles. The van der Waals surface area contributed by atoms with Crippen molar-refractivity contribution in [3.63, 3.8) is 0 Å². The number of nitriles is 1. The number of halogens is 1. The third-order valence-electron chi connectivity index (χ3n) is 5.37. The minimum absolute atomic E-state index is 0.0667. The molecule has 0 amide bonds. The summed E-state index contributed by atoms with van der Waals surface area (Å²) < 4.78 is 72.3. The number of hydrogen-bond acceptors (Lipinski definition) is 7. The lowest BCUT2D eigenvalue weighted by Gasteiger charge is -2.25. The fraction of sp³-hybridized carbons (Fsp3) is 0.391. The Balaban J connectivity index is 2.58. The topological polar surface area (TPSA) is 130 Å². The van der Waals surface area contributed by atoms with Crippen molar-refractivity contribution in [3.8, 4) is 6.07 Å². The summed E-state index contributed by atoms with van der Waals surface area (Å²) in [6.45, 7) is 8.18. The van der Waals surface area contributed by atoms with Gasteiger partial charge in [-0.15, -0.1) is 0 Å². The first-order valence-electron chi connectivity index (χ1n) is 10.4. The van der Waals surface area contributed by atoms with Crippen LogP contribution in [0.3, 0.4) is 0 Å². The first-order valence-corrected chi connectivity index (χ1v) is 13.4. The summed E-state index contributed by atoms with van der Waals surface area (Å²) in [5.74, 6) is -2.80. The predicted octanol–water partition coefficient (Wildman–Crippen LogP) is 4.10. The molecule has 8 nitrogen and oxygen atoms in total. The number of carbonyl (C=O) groups is 1. The van der Waals surface area contributed by atoms with Crippen molar-refractivity contribution in [2.75, 3.05) is 7.05 Å². The van der Waals surface area contributed by atoms with Crippen LogP contribution in [0.1, 0.15) is 84.3 Å². The Morgan fingerprint density at radius 2 is 1.65 bits per heavy atom. The molecule has 1 N–H and O–H groups in total. The minimum Gasteiger partial charge on any atom is -0.341 e. The Bertz CT molecular complexity index is 1360. The summed E-state index contributed by atoms with van der Waals surface area (Å²) in [6, 6.07) is 7.86. The Kier molecular flexibility index (Phi) is 8.24. The van der Waals surface area contributed by atoms with Gasteiger partial charge in [0.15, 0.2) is 0 Å². The molecule has 0 saturated carbocycles. The SMILES string of the molecule is CNS(=O)(=O)c1cccc(C(=O)OS(=O)(=O)C(C)c2c(C(C)C)cc(C#N)c(F)c2C(C)C)c1. The van der Waals surface area contributed by atoms with E-state index >= 15 is 4.39 Å². The molecular formula is C23H27FN2O6S2. The van der Waals surface area contributed by atoms with Crippen LogP contribution in [0, 0.1) is 17.1 Å². The molecule has 184 valence electrons. The molecule has 34 heavy (non-hydrogen) atoms. The number of carbonyl (C=O) groups excluding carboxylic acids is 1. The van der Waals surface area contributed by atoms with Crippen molar-refractivity contribution in [3.05, 3.63) is 64.0 Å². The maximum Gasteiger partial charge on any atom is 0.353 e. The predicted molar refractivity (Wildman–Crippen MR) is 125 cm³/mol. The molecule has 1 unspecified atom stereocenters. The van der Waals surface area contributed by atoms with Gasteiger partial charge in [-0.2, -0.15) is 13.7 Å². The molecular weight excluding hydrogens is 483 g/mol. The molecule has 0 saturated heterocycles. The van der Waals surface area contributed by atoms with Crippen molar-refractivity contribution in [2.24, 2.45) is 0 Å². The Morgan fingerprint density at radius 3 is 2.15 bits per heavy atom. The third kappa shape index (κ3) is 5.46. The molecule has 2 aromatic rings. The van der Waals surface area contributed by atoms with Gasteiger partial charge in [0, 0.05) is 0 Å². The largest absolute Gasteiger partial charge is 0.353 e. The number of benzene rings is 2. The third-order valence-corrected chi connectivity index (χ3v) is 8.27. The summed E-state index contributed by atoms with van der Waals surface area (Å²) in [4.78, 5) is 12.4. The quantitative estimate of drug-likeness (QED) is 0.529. The maximum atomic E-state index is 15.1. The first kappa shape index (κ1) is 27.4. The van der Waals surface area contributed by atoms with E-state index in [0.717, 1.165) is 6.07 Å². The maximum absolute atomic E-state index is 15.1. The van der Waals surface area contributed by atoms with Gasteiger partial charge in [0.05, 0.1) is 16.0 Å². The Labute approximate surface area is 199 Å². The van der Waals surface area contributed by atoms with E-state index in [0.29, 0.717) is 5.56 Å². The van der Waals surface area contributed by atoms with E-state index in [1.54, 1.807) is 33.8 Å². The number of hydrogen-bond donors (Lipinski definition) is 1. The van der Waals surface area contributed by atoms with E-state index in [4.69, 9.17) is 4.18 Å². The van der Waals surface area contributed by atoms with Crippen LogP contribution in [0.15, 0.2) is 35.2 Å². The van der Waals surface area contributed by atoms with Gasteiger partial charge in [0.25, 0.3) is 0 Å². The molecule has 0 heterocycles. The number of nitrogens with zero attached hydrogens (tertiary/aromatic N) is 1. The second-order valence-corrected chi connectivity index (χ2v) is 12.1. The molecule has 0 fully saturated rings. The van der Waals surface area contributed by atoms with Crippen LogP contribution in [0.25, 0.3) is 0 Å². The monoisotopic (exact) mass is 510 g/mol. The first-order chi connectivity index (χ1) is 15.7. The summed E-state index contributed by atoms with van der Waals surface area (Å²) in [5.41, 5.74) is 0.181. The molecule has 0 aliphatic carbocycles. The minimum atomic E-state index is -4.63. The van der Waals surface area contributed by atoms with Crippen LogP contribution >= 0.6 is 0 Å². The fourth-order valence-corrected chi connectivity index (χ4v) is 5.35. The van der Waals surface area contributed by atoms with E-state index < -0.39 is 43.1 Å². The van der Waals surface area contributed by atoms with Gasteiger partial charge in [0.2, 0.25) is 10.0 Å². The highest BCUT2D eigenvalue weighted by Crippen LogP contribution is 2.39. The molecule has 0 aliphatic heterocycles. The van der Waals surface area contributed by atoms with Gasteiger partial charge >= 0.3 is 16.1 Å². The summed E-state index contributed by atoms with van der Waals surface area (Å²) >= 11 is 0. The number of sulfonamides is 1. The molecule has 2 aromatic carbocycles. The van der Waals surface area contributed by atoms with Gasteiger partial charge in [-0.25, -0.2) is 22.3 Å². The average molecular weight is 511 g/mol. The second kappa shape index (κ2) is 10.2. The van der Waals surface area contributed by atoms with Gasteiger partial charge < -0.3 is 4.18 Å². The van der Waals surface area contributed by atoms with Crippen molar-refractivity contribution in [1.29, 1.82) is 5.26 Å². The van der Waals surface area contributed by atoms with Crippen molar-refractivity contribution < 1.29 is 30.2 Å². The van der Waals surface area contributed by atoms with Crippen molar-refractivity contribution >= 4 is 26.1 Å². The van der Waals surface area contributed by atoms with Gasteiger partial charge in [0.1, 0.15) is 17.1 Å². The molecule has 0 aliphatic rings. The van der Waals surface area contributed by atoms with E-state index in [2.05, 4.69) is 4.72 Å². The van der Waals surface area contributed by atoms with E-state index in [1.165, 1.54) is 38.2 Å². The summed E-state index contributed by atoms with van der Waals surface area (Å²) in [5, 5.41) is 7.89. The second-order valence-electron chi connectivity index (χ2n) is 8.32. The zero-order chi connectivity index (χ0) is 26.0. The number of nitrogens with one attached hydrogen (secondary N) is 1. The lowest BCUT2D eigenvalue weighted by Crippen LogP contribution is -2.23. The van der Waals surface area contributed by atoms with Crippen LogP contribution in [-0.2, 0) is 24.3 Å². The molecule has 1 atom stereocenters. The summed E-state index contributed by atoms with van der Waals surface area (Å²) in [6.07, 6.45) is 0. The molecule has 0 bridgehead atoms. The Morgan fingerprint density at radius 1 is 1.03 bits per heavy atom. The summed E-state index contributed by atoms with van der Waals surface area (Å²) in [7, 11) is -7.31. The highest BCUT2D eigenvalue weighted by molar-refractivity contribution is 7.89. The van der Waals surface area contributed by atoms with Crippen LogP contribution in [0.5, 0.6) is 0 Å².